The average Bonchev–Trinajstić information content (AvgIpc) is 3.13. The number of aromatic amines is 1. The number of fused-ring (bicyclic) bond motifs is 1. The number of aryl methyl sites for hydroxylation is 2. The predicted molar refractivity (Wildman–Crippen MR) is 101 cm³/mol. The van der Waals surface area contributed by atoms with E-state index in [4.69, 9.17) is 0 Å². The highest BCUT2D eigenvalue weighted by atomic mass is 16.2. The smallest absolute Gasteiger partial charge is 0.275 e. The Morgan fingerprint density at radius 1 is 1.37 bits per heavy atom. The van der Waals surface area contributed by atoms with Crippen molar-refractivity contribution in [3.63, 3.8) is 0 Å². The van der Waals surface area contributed by atoms with E-state index in [0.717, 1.165) is 75.2 Å². The van der Waals surface area contributed by atoms with E-state index in [1.54, 1.807) is 0 Å². The number of nitrogens with zero attached hydrogens (tertiary/aromatic N) is 4. The molecular weight excluding hydrogens is 340 g/mol. The molecule has 2 aromatic heterocycles. The average molecular weight is 368 g/mol. The van der Waals surface area contributed by atoms with Crippen LogP contribution >= 0.6 is 0 Å². The molecule has 0 aromatic carbocycles. The maximum atomic E-state index is 13.6. The molecule has 3 heterocycles. The van der Waals surface area contributed by atoms with E-state index in [0.29, 0.717) is 23.7 Å². The Hall–Kier alpha value is -2.15. The normalized spacial score (nSPS) is 22.8. The van der Waals surface area contributed by atoms with Gasteiger partial charge >= 0.3 is 0 Å². The third-order valence-corrected chi connectivity index (χ3v) is 6.85. The molecule has 0 radical (unpaired) electrons. The van der Waals surface area contributed by atoms with Crippen LogP contribution in [0.3, 0.4) is 0 Å². The minimum absolute atomic E-state index is 0.0838. The third-order valence-electron chi connectivity index (χ3n) is 6.85. The first kappa shape index (κ1) is 17.0. The molecule has 144 valence electrons. The van der Waals surface area contributed by atoms with Crippen molar-refractivity contribution in [3.05, 3.63) is 35.2 Å². The topological polar surface area (TPSA) is 78.8 Å². The lowest BCUT2D eigenvalue weighted by Gasteiger charge is -2.29. The van der Waals surface area contributed by atoms with Crippen LogP contribution in [0, 0.1) is 5.41 Å². The summed E-state index contributed by atoms with van der Waals surface area (Å²) in [6, 6.07) is 0.308. The van der Waals surface area contributed by atoms with E-state index in [9.17, 15) is 4.79 Å². The van der Waals surface area contributed by atoms with Gasteiger partial charge in [0.05, 0.1) is 6.54 Å². The number of carbonyl (C=O) groups is 1. The van der Waals surface area contributed by atoms with Gasteiger partial charge in [0.1, 0.15) is 5.82 Å². The Kier molecular flexibility index (Phi) is 4.07. The number of carbonyl (C=O) groups excluding carboxylic acids is 1. The summed E-state index contributed by atoms with van der Waals surface area (Å²) in [6.45, 7) is 5.67. The molecule has 7 heteroatoms. The molecule has 2 aromatic rings. The fraction of sp³-hybridized carbons (Fsp3) is 0.650. The molecule has 1 unspecified atom stereocenters. The van der Waals surface area contributed by atoms with E-state index in [1.807, 2.05) is 12.4 Å². The number of hydrogen-bond acceptors (Lipinski definition) is 4. The first-order valence-electron chi connectivity index (χ1n) is 10.3. The maximum Gasteiger partial charge on any atom is 0.275 e. The second-order valence-corrected chi connectivity index (χ2v) is 8.28. The molecule has 1 atom stereocenters. The standard InChI is InChI=1S/C20H28N6O/c1-2-25-11-10-22-17(25)13-26(16-12-20(16)6-8-21-9-7-20)19(27)18-14-4-3-5-15(14)23-24-18/h10-11,16,21H,2-9,12-13H2,1H3,(H,23,24). The number of hydrogen-bond donors (Lipinski definition) is 2. The number of aromatic nitrogens is 4. The van der Waals surface area contributed by atoms with Gasteiger partial charge in [-0.2, -0.15) is 5.10 Å². The number of nitrogens with one attached hydrogen (secondary N) is 2. The van der Waals surface area contributed by atoms with Crippen LogP contribution in [0.5, 0.6) is 0 Å². The molecule has 5 rings (SSSR count). The van der Waals surface area contributed by atoms with Crippen molar-refractivity contribution in [2.75, 3.05) is 13.1 Å². The maximum absolute atomic E-state index is 13.6. The highest BCUT2D eigenvalue weighted by Gasteiger charge is 2.58. The van der Waals surface area contributed by atoms with E-state index >= 15 is 0 Å². The largest absolute Gasteiger partial charge is 0.334 e. The van der Waals surface area contributed by atoms with Crippen LogP contribution in [0.15, 0.2) is 12.4 Å². The molecule has 1 saturated carbocycles. The summed E-state index contributed by atoms with van der Waals surface area (Å²) in [6.07, 6.45) is 10.3. The second kappa shape index (κ2) is 6.48. The first-order valence-corrected chi connectivity index (χ1v) is 10.3. The van der Waals surface area contributed by atoms with Crippen LogP contribution in [0.1, 0.15) is 60.2 Å². The number of imidazole rings is 1. The van der Waals surface area contributed by atoms with Crippen LogP contribution in [-0.4, -0.2) is 49.7 Å². The van der Waals surface area contributed by atoms with Gasteiger partial charge in [0.15, 0.2) is 5.69 Å². The lowest BCUT2D eigenvalue weighted by atomic mass is 9.93. The molecular formula is C20H28N6O. The van der Waals surface area contributed by atoms with Crippen molar-refractivity contribution in [2.24, 2.45) is 5.41 Å². The van der Waals surface area contributed by atoms with Gasteiger partial charge in [-0.15, -0.1) is 0 Å². The number of amides is 1. The van der Waals surface area contributed by atoms with E-state index in [2.05, 4.69) is 36.9 Å². The highest BCUT2D eigenvalue weighted by Crippen LogP contribution is 2.56. The van der Waals surface area contributed by atoms with Crippen LogP contribution in [0.2, 0.25) is 0 Å². The van der Waals surface area contributed by atoms with Crippen LogP contribution < -0.4 is 5.32 Å². The molecule has 1 aliphatic heterocycles. The number of H-pyrrole nitrogens is 1. The van der Waals surface area contributed by atoms with Gasteiger partial charge in [0.2, 0.25) is 0 Å². The van der Waals surface area contributed by atoms with Crippen LogP contribution in [0.4, 0.5) is 0 Å². The van der Waals surface area contributed by atoms with Crippen LogP contribution in [-0.2, 0) is 25.9 Å². The van der Waals surface area contributed by atoms with Gasteiger partial charge in [-0.1, -0.05) is 0 Å². The molecule has 2 aliphatic carbocycles. The summed E-state index contributed by atoms with van der Waals surface area (Å²) in [5.41, 5.74) is 3.24. The van der Waals surface area contributed by atoms with Crippen molar-refractivity contribution < 1.29 is 4.79 Å². The van der Waals surface area contributed by atoms with Crippen molar-refractivity contribution >= 4 is 5.91 Å². The van der Waals surface area contributed by atoms with Crippen molar-refractivity contribution in [1.29, 1.82) is 0 Å². The fourth-order valence-electron chi connectivity index (χ4n) is 5.12. The molecule has 2 fully saturated rings. The molecule has 27 heavy (non-hydrogen) atoms. The van der Waals surface area contributed by atoms with Crippen molar-refractivity contribution in [1.82, 2.24) is 30.0 Å². The van der Waals surface area contributed by atoms with Gasteiger partial charge in [-0.25, -0.2) is 4.98 Å². The molecule has 7 nitrogen and oxygen atoms in total. The SMILES string of the molecule is CCn1ccnc1CN(C(=O)c1n[nH]c2c1CCC2)C1CC12CCNCC2. The Morgan fingerprint density at radius 2 is 2.22 bits per heavy atom. The number of piperidine rings is 1. The van der Waals surface area contributed by atoms with Crippen LogP contribution in [0.25, 0.3) is 0 Å². The van der Waals surface area contributed by atoms with Gasteiger partial charge in [0.25, 0.3) is 5.91 Å². The van der Waals surface area contributed by atoms with Gasteiger partial charge in [-0.3, -0.25) is 9.89 Å². The molecule has 2 N–H and O–H groups in total. The third kappa shape index (κ3) is 2.79. The Balaban J connectivity index is 1.45. The molecule has 0 bridgehead atoms. The minimum Gasteiger partial charge on any atom is -0.334 e. The quantitative estimate of drug-likeness (QED) is 0.845. The van der Waals surface area contributed by atoms with Crippen molar-refractivity contribution in [3.8, 4) is 0 Å². The summed E-state index contributed by atoms with van der Waals surface area (Å²) < 4.78 is 2.13. The summed E-state index contributed by atoms with van der Waals surface area (Å²) in [5.74, 6) is 1.05. The molecule has 1 saturated heterocycles. The monoisotopic (exact) mass is 368 g/mol. The van der Waals surface area contributed by atoms with Gasteiger partial charge in [0, 0.05) is 36.2 Å². The second-order valence-electron chi connectivity index (χ2n) is 8.28. The molecule has 1 spiro atoms. The predicted octanol–water partition coefficient (Wildman–Crippen LogP) is 1.90. The summed E-state index contributed by atoms with van der Waals surface area (Å²) in [5, 5.41) is 11.0. The molecule has 3 aliphatic rings. The molecule has 1 amide bonds. The van der Waals surface area contributed by atoms with Gasteiger partial charge in [-0.05, 0) is 64.0 Å². The zero-order valence-corrected chi connectivity index (χ0v) is 16.0. The summed E-state index contributed by atoms with van der Waals surface area (Å²) in [4.78, 5) is 20.2. The highest BCUT2D eigenvalue weighted by molar-refractivity contribution is 5.94. The zero-order chi connectivity index (χ0) is 18.4. The summed E-state index contributed by atoms with van der Waals surface area (Å²) in [7, 11) is 0. The number of rotatable bonds is 5. The van der Waals surface area contributed by atoms with Gasteiger partial charge < -0.3 is 14.8 Å². The lowest BCUT2D eigenvalue weighted by Crippen LogP contribution is -2.40. The van der Waals surface area contributed by atoms with E-state index in [-0.39, 0.29) is 5.91 Å². The lowest BCUT2D eigenvalue weighted by molar-refractivity contribution is 0.0677. The first-order chi connectivity index (χ1) is 13.2. The Bertz CT molecular complexity index is 847. The zero-order valence-electron chi connectivity index (χ0n) is 16.0. The summed E-state index contributed by atoms with van der Waals surface area (Å²) >= 11 is 0. The Labute approximate surface area is 159 Å². The van der Waals surface area contributed by atoms with E-state index < -0.39 is 0 Å². The Morgan fingerprint density at radius 3 is 3.04 bits per heavy atom. The van der Waals surface area contributed by atoms with E-state index in [1.165, 1.54) is 0 Å². The van der Waals surface area contributed by atoms with Crippen molar-refractivity contribution in [2.45, 2.75) is 64.6 Å². The minimum atomic E-state index is 0.0838. The fourth-order valence-corrected chi connectivity index (χ4v) is 5.12.